The van der Waals surface area contributed by atoms with Gasteiger partial charge in [0.15, 0.2) is 0 Å². The van der Waals surface area contributed by atoms with Crippen LogP contribution in [0.5, 0.6) is 0 Å². The van der Waals surface area contributed by atoms with Crippen molar-refractivity contribution >= 4 is 24.3 Å². The summed E-state index contributed by atoms with van der Waals surface area (Å²) in [6.45, 7) is -5.15. The van der Waals surface area contributed by atoms with Crippen LogP contribution in [0.1, 0.15) is 20.7 Å². The Morgan fingerprint density at radius 1 is 1.00 bits per heavy atom. The van der Waals surface area contributed by atoms with Gasteiger partial charge in [0, 0.05) is 5.56 Å². The molecule has 1 aliphatic rings. The van der Waals surface area contributed by atoms with Crippen LogP contribution in [0.15, 0.2) is 18.2 Å². The molecule has 0 saturated carbocycles. The summed E-state index contributed by atoms with van der Waals surface area (Å²) in [5.74, 6) is -1.44. The number of carbonyl (C=O) groups excluding carboxylic acids is 2. The summed E-state index contributed by atoms with van der Waals surface area (Å²) in [5, 5.41) is 1.92. The molecular formula is C8H4BF3KNO2. The van der Waals surface area contributed by atoms with Gasteiger partial charge >= 0.3 is 58.4 Å². The number of rotatable bonds is 1. The fourth-order valence-electron chi connectivity index (χ4n) is 1.39. The number of nitrogens with one attached hydrogen (secondary N) is 1. The molecule has 0 unspecified atom stereocenters. The van der Waals surface area contributed by atoms with Crippen molar-refractivity contribution in [3.8, 4) is 0 Å². The van der Waals surface area contributed by atoms with Crippen molar-refractivity contribution in [2.24, 2.45) is 0 Å². The van der Waals surface area contributed by atoms with Gasteiger partial charge in [-0.05, 0) is 0 Å². The van der Waals surface area contributed by atoms with Gasteiger partial charge in [0.25, 0.3) is 11.8 Å². The minimum absolute atomic E-state index is 0. The fourth-order valence-corrected chi connectivity index (χ4v) is 1.39. The van der Waals surface area contributed by atoms with E-state index in [1.165, 1.54) is 0 Å². The maximum absolute atomic E-state index is 12.3. The first-order valence-electron chi connectivity index (χ1n) is 4.09. The maximum atomic E-state index is 12.3. The van der Waals surface area contributed by atoms with E-state index in [9.17, 15) is 22.5 Å². The molecule has 0 fully saturated rings. The molecule has 0 radical (unpaired) electrons. The molecule has 3 nitrogen and oxygen atoms in total. The number of amides is 2. The second kappa shape index (κ2) is 4.61. The van der Waals surface area contributed by atoms with Gasteiger partial charge in [0.2, 0.25) is 0 Å². The number of hydrogen-bond donors (Lipinski definition) is 1. The van der Waals surface area contributed by atoms with E-state index in [0.717, 1.165) is 12.1 Å². The maximum Gasteiger partial charge on any atom is 1.00 e. The second-order valence-corrected chi connectivity index (χ2v) is 3.16. The number of halogens is 3. The van der Waals surface area contributed by atoms with Gasteiger partial charge in [-0.2, -0.15) is 0 Å². The minimum Gasteiger partial charge on any atom is -0.445 e. The van der Waals surface area contributed by atoms with Crippen LogP contribution in [-0.4, -0.2) is 18.8 Å². The topological polar surface area (TPSA) is 46.2 Å². The predicted octanol–water partition coefficient (Wildman–Crippen LogP) is -2.37. The third kappa shape index (κ3) is 2.40. The Kier molecular flexibility index (Phi) is 4.01. The normalized spacial score (nSPS) is 14.2. The zero-order valence-corrected chi connectivity index (χ0v) is 11.4. The molecule has 1 N–H and O–H groups in total. The zero-order valence-electron chi connectivity index (χ0n) is 8.26. The summed E-state index contributed by atoms with van der Waals surface area (Å²) < 4.78 is 37.0. The molecular weight excluding hydrogens is 249 g/mol. The first-order chi connectivity index (χ1) is 6.89. The number of imide groups is 1. The van der Waals surface area contributed by atoms with Gasteiger partial charge in [-0.1, -0.05) is 18.2 Å². The van der Waals surface area contributed by atoms with Crippen LogP contribution in [0.3, 0.4) is 0 Å². The fraction of sp³-hybridized carbons (Fsp3) is 0. The Morgan fingerprint density at radius 3 is 2.12 bits per heavy atom. The number of benzene rings is 1. The molecule has 0 aromatic heterocycles. The smallest absolute Gasteiger partial charge is 0.445 e. The molecule has 0 bridgehead atoms. The summed E-state index contributed by atoms with van der Waals surface area (Å²) in [5.41, 5.74) is -1.10. The minimum atomic E-state index is -5.15. The van der Waals surface area contributed by atoms with Crippen LogP contribution in [0.2, 0.25) is 0 Å². The van der Waals surface area contributed by atoms with Crippen molar-refractivity contribution in [1.29, 1.82) is 0 Å². The van der Waals surface area contributed by atoms with Crippen LogP contribution in [0, 0.1) is 0 Å². The zero-order chi connectivity index (χ0) is 11.2. The molecule has 0 aliphatic carbocycles. The van der Waals surface area contributed by atoms with Crippen LogP contribution < -0.4 is 62.2 Å². The number of hydrogen-bond acceptors (Lipinski definition) is 2. The van der Waals surface area contributed by atoms with Crippen molar-refractivity contribution in [2.45, 2.75) is 0 Å². The van der Waals surface area contributed by atoms with E-state index in [1.54, 1.807) is 0 Å². The van der Waals surface area contributed by atoms with Gasteiger partial charge in [0.1, 0.15) is 0 Å². The predicted molar refractivity (Wildman–Crippen MR) is 47.0 cm³/mol. The Hall–Kier alpha value is -0.149. The standard InChI is InChI=1S/C8H4BF3NO2.K/c10-9(11,12)4-1-2-5-6(3-4)8(15)13-7(5)14;/h1-3H,(H,13,14,15);/q-1;+1. The summed E-state index contributed by atoms with van der Waals surface area (Å²) >= 11 is 0. The van der Waals surface area contributed by atoms with Crippen LogP contribution >= 0.6 is 0 Å². The van der Waals surface area contributed by atoms with Gasteiger partial charge < -0.3 is 12.9 Å². The largest absolute Gasteiger partial charge is 1.00 e. The average Bonchev–Trinajstić information content (AvgIpc) is 2.41. The first kappa shape index (κ1) is 13.9. The van der Waals surface area contributed by atoms with Crippen molar-refractivity contribution in [3.63, 3.8) is 0 Å². The van der Waals surface area contributed by atoms with Gasteiger partial charge in [-0.25, -0.2) is 0 Å². The Bertz CT molecular complexity index is 475. The van der Waals surface area contributed by atoms with E-state index >= 15 is 0 Å². The molecule has 2 rings (SSSR count). The quantitative estimate of drug-likeness (QED) is 0.449. The summed E-state index contributed by atoms with van der Waals surface area (Å²) in [6, 6.07) is 2.52. The average molecular weight is 253 g/mol. The summed E-state index contributed by atoms with van der Waals surface area (Å²) in [7, 11) is 0. The van der Waals surface area contributed by atoms with Gasteiger partial charge in [0.05, 0.1) is 5.56 Å². The van der Waals surface area contributed by atoms with Crippen molar-refractivity contribution in [2.75, 3.05) is 0 Å². The molecule has 16 heavy (non-hydrogen) atoms. The molecule has 1 aromatic rings. The number of carbonyl (C=O) groups is 2. The van der Waals surface area contributed by atoms with E-state index in [-0.39, 0.29) is 62.5 Å². The molecule has 0 saturated heterocycles. The van der Waals surface area contributed by atoms with Gasteiger partial charge in [-0.3, -0.25) is 14.9 Å². The molecule has 2 amide bonds. The number of fused-ring (bicyclic) bond motifs is 1. The van der Waals surface area contributed by atoms with Crippen molar-refractivity contribution in [1.82, 2.24) is 5.32 Å². The Balaban J connectivity index is 0.00000128. The first-order valence-corrected chi connectivity index (χ1v) is 4.09. The second-order valence-electron chi connectivity index (χ2n) is 3.16. The van der Waals surface area contributed by atoms with E-state index in [0.29, 0.717) is 6.07 Å². The Labute approximate surface area is 131 Å². The van der Waals surface area contributed by atoms with E-state index < -0.39 is 24.3 Å². The molecule has 0 atom stereocenters. The molecule has 1 heterocycles. The van der Waals surface area contributed by atoms with Crippen molar-refractivity contribution < 1.29 is 73.9 Å². The summed E-state index contributed by atoms with van der Waals surface area (Å²) in [6.07, 6.45) is 0. The third-order valence-electron chi connectivity index (χ3n) is 2.14. The Morgan fingerprint density at radius 2 is 1.56 bits per heavy atom. The molecule has 8 heteroatoms. The molecule has 0 spiro atoms. The van der Waals surface area contributed by atoms with E-state index in [2.05, 4.69) is 0 Å². The molecule has 1 aliphatic heterocycles. The monoisotopic (exact) mass is 253 g/mol. The SMILES string of the molecule is O=C1NC(=O)c2cc([B-](F)(F)F)ccc21.[K+]. The van der Waals surface area contributed by atoms with Crippen LogP contribution in [0.25, 0.3) is 0 Å². The van der Waals surface area contributed by atoms with E-state index in [4.69, 9.17) is 0 Å². The summed E-state index contributed by atoms with van der Waals surface area (Å²) in [4.78, 5) is 22.1. The van der Waals surface area contributed by atoms with Gasteiger partial charge in [-0.15, -0.1) is 5.46 Å². The van der Waals surface area contributed by atoms with Crippen LogP contribution in [0.4, 0.5) is 12.9 Å². The molecule has 1 aromatic carbocycles. The molecule has 78 valence electrons. The van der Waals surface area contributed by atoms with E-state index in [1.807, 2.05) is 5.32 Å². The third-order valence-corrected chi connectivity index (χ3v) is 2.14. The van der Waals surface area contributed by atoms with Crippen LogP contribution in [-0.2, 0) is 0 Å². The van der Waals surface area contributed by atoms with Crippen molar-refractivity contribution in [3.05, 3.63) is 29.3 Å².